The fraction of sp³-hybridized carbons (Fsp3) is 0.667. The molecule has 1 aromatic heterocycles. The lowest BCUT2D eigenvalue weighted by Gasteiger charge is -2.29. The number of morpholine rings is 1. The van der Waals surface area contributed by atoms with Gasteiger partial charge in [0.15, 0.2) is 5.69 Å². The van der Waals surface area contributed by atoms with Crippen molar-refractivity contribution in [2.24, 2.45) is 7.05 Å². The molecule has 0 spiro atoms. The van der Waals surface area contributed by atoms with Crippen molar-refractivity contribution in [2.75, 3.05) is 32.8 Å². The molecule has 106 valence electrons. The molecule has 0 aromatic carbocycles. The van der Waals surface area contributed by atoms with Crippen LogP contribution in [0.3, 0.4) is 0 Å². The summed E-state index contributed by atoms with van der Waals surface area (Å²) in [6.45, 7) is 6.23. The largest absolute Gasteiger partial charge is 0.379 e. The van der Waals surface area contributed by atoms with Gasteiger partial charge in [-0.3, -0.25) is 14.4 Å². The molecule has 2 rings (SSSR count). The molecule has 1 atom stereocenters. The van der Waals surface area contributed by atoms with E-state index in [-0.39, 0.29) is 11.9 Å². The maximum Gasteiger partial charge on any atom is 0.273 e. The molecule has 1 amide bonds. The molecular weight excluding hydrogens is 312 g/mol. The van der Waals surface area contributed by atoms with E-state index in [4.69, 9.17) is 4.74 Å². The number of halogens is 1. The van der Waals surface area contributed by atoms with Crippen LogP contribution in [0.5, 0.6) is 0 Å². The average molecular weight is 331 g/mol. The molecule has 1 aliphatic rings. The minimum atomic E-state index is -0.145. The topological polar surface area (TPSA) is 59.4 Å². The number of rotatable bonds is 4. The monoisotopic (exact) mass is 330 g/mol. The van der Waals surface area contributed by atoms with Crippen LogP contribution in [-0.2, 0) is 11.8 Å². The minimum absolute atomic E-state index is 0.0829. The van der Waals surface area contributed by atoms with Crippen molar-refractivity contribution in [1.29, 1.82) is 0 Å². The molecule has 1 aliphatic heterocycles. The van der Waals surface area contributed by atoms with Gasteiger partial charge in [-0.2, -0.15) is 5.10 Å². The second kappa shape index (κ2) is 6.49. The number of aromatic nitrogens is 2. The van der Waals surface area contributed by atoms with E-state index in [1.165, 1.54) is 0 Å². The lowest BCUT2D eigenvalue weighted by atomic mass is 10.2. The van der Waals surface area contributed by atoms with Crippen molar-refractivity contribution in [1.82, 2.24) is 20.0 Å². The molecule has 7 heteroatoms. The van der Waals surface area contributed by atoms with E-state index in [2.05, 4.69) is 31.2 Å². The van der Waals surface area contributed by atoms with E-state index in [1.807, 2.05) is 6.92 Å². The van der Waals surface area contributed by atoms with Gasteiger partial charge in [0.05, 0.1) is 17.7 Å². The molecule has 2 heterocycles. The molecule has 6 nitrogen and oxygen atoms in total. The third-order valence-corrected chi connectivity index (χ3v) is 3.59. The van der Waals surface area contributed by atoms with Crippen LogP contribution in [0.15, 0.2) is 10.7 Å². The van der Waals surface area contributed by atoms with Gasteiger partial charge in [0.25, 0.3) is 5.91 Å². The highest BCUT2D eigenvalue weighted by atomic mass is 79.9. The fourth-order valence-electron chi connectivity index (χ4n) is 2.12. The second-order valence-corrected chi connectivity index (χ2v) is 5.64. The smallest absolute Gasteiger partial charge is 0.273 e. The van der Waals surface area contributed by atoms with Gasteiger partial charge in [-0.1, -0.05) is 0 Å². The molecule has 0 aliphatic carbocycles. The molecule has 0 saturated carbocycles. The Hall–Kier alpha value is -0.920. The standard InChI is InChI=1S/C12H19BrN4O2/c1-9(7-17-3-5-19-6-4-17)14-12(18)11-10(13)8-16(2)15-11/h8-9H,3-7H2,1-2H3,(H,14,18)/t9-/m1/s1. The maximum absolute atomic E-state index is 12.1. The molecular formula is C12H19BrN4O2. The van der Waals surface area contributed by atoms with E-state index in [0.29, 0.717) is 10.2 Å². The average Bonchev–Trinajstić information content (AvgIpc) is 2.69. The Balaban J connectivity index is 1.86. The predicted octanol–water partition coefficient (Wildman–Crippen LogP) is 0.633. The molecule has 0 radical (unpaired) electrons. The number of nitrogens with zero attached hydrogens (tertiary/aromatic N) is 3. The fourth-order valence-corrected chi connectivity index (χ4v) is 2.68. The van der Waals surface area contributed by atoms with Crippen LogP contribution in [0.4, 0.5) is 0 Å². The Morgan fingerprint density at radius 2 is 2.26 bits per heavy atom. The predicted molar refractivity (Wildman–Crippen MR) is 75.1 cm³/mol. The van der Waals surface area contributed by atoms with Gasteiger partial charge in [0.1, 0.15) is 0 Å². The SMILES string of the molecule is C[C@H](CN1CCOCC1)NC(=O)c1nn(C)cc1Br. The Morgan fingerprint density at radius 3 is 2.84 bits per heavy atom. The molecule has 19 heavy (non-hydrogen) atoms. The zero-order valence-corrected chi connectivity index (χ0v) is 12.8. The normalized spacial score (nSPS) is 18.3. The lowest BCUT2D eigenvalue weighted by Crippen LogP contribution is -2.46. The number of nitrogens with one attached hydrogen (secondary N) is 1. The first-order valence-electron chi connectivity index (χ1n) is 6.36. The summed E-state index contributed by atoms with van der Waals surface area (Å²) < 4.78 is 7.63. The Labute approximate surface area is 121 Å². The highest BCUT2D eigenvalue weighted by molar-refractivity contribution is 9.10. The zero-order chi connectivity index (χ0) is 13.8. The van der Waals surface area contributed by atoms with Gasteiger partial charge in [0.2, 0.25) is 0 Å². The second-order valence-electron chi connectivity index (χ2n) is 4.79. The van der Waals surface area contributed by atoms with E-state index >= 15 is 0 Å². The van der Waals surface area contributed by atoms with Gasteiger partial charge in [0, 0.05) is 38.9 Å². The first kappa shape index (κ1) is 14.5. The highest BCUT2D eigenvalue weighted by Gasteiger charge is 2.19. The zero-order valence-electron chi connectivity index (χ0n) is 11.2. The number of hydrogen-bond acceptors (Lipinski definition) is 4. The van der Waals surface area contributed by atoms with Crippen molar-refractivity contribution in [3.8, 4) is 0 Å². The Morgan fingerprint density at radius 1 is 1.58 bits per heavy atom. The molecule has 0 bridgehead atoms. The molecule has 1 fully saturated rings. The third kappa shape index (κ3) is 4.02. The van der Waals surface area contributed by atoms with Crippen LogP contribution in [0.25, 0.3) is 0 Å². The quantitative estimate of drug-likeness (QED) is 0.879. The van der Waals surface area contributed by atoms with Crippen molar-refractivity contribution < 1.29 is 9.53 Å². The number of hydrogen-bond donors (Lipinski definition) is 1. The number of carbonyl (C=O) groups excluding carboxylic acids is 1. The van der Waals surface area contributed by atoms with Crippen molar-refractivity contribution >= 4 is 21.8 Å². The summed E-state index contributed by atoms with van der Waals surface area (Å²) in [5.74, 6) is -0.145. The molecule has 1 aromatic rings. The molecule has 0 unspecified atom stereocenters. The first-order valence-corrected chi connectivity index (χ1v) is 7.15. The Bertz CT molecular complexity index is 443. The van der Waals surface area contributed by atoms with Gasteiger partial charge < -0.3 is 10.1 Å². The van der Waals surface area contributed by atoms with Crippen molar-refractivity contribution in [3.05, 3.63) is 16.4 Å². The van der Waals surface area contributed by atoms with Crippen molar-refractivity contribution in [2.45, 2.75) is 13.0 Å². The van der Waals surface area contributed by atoms with Crippen LogP contribution >= 0.6 is 15.9 Å². The molecule has 1 N–H and O–H groups in total. The highest BCUT2D eigenvalue weighted by Crippen LogP contribution is 2.14. The van der Waals surface area contributed by atoms with Crippen LogP contribution in [0, 0.1) is 0 Å². The van der Waals surface area contributed by atoms with Gasteiger partial charge in [-0.05, 0) is 22.9 Å². The molecule has 1 saturated heterocycles. The summed E-state index contributed by atoms with van der Waals surface area (Å²) in [6.07, 6.45) is 1.77. The van der Waals surface area contributed by atoms with Gasteiger partial charge in [-0.25, -0.2) is 0 Å². The minimum Gasteiger partial charge on any atom is -0.379 e. The van der Waals surface area contributed by atoms with Crippen LogP contribution < -0.4 is 5.32 Å². The van der Waals surface area contributed by atoms with E-state index in [9.17, 15) is 4.79 Å². The number of amides is 1. The van der Waals surface area contributed by atoms with E-state index < -0.39 is 0 Å². The maximum atomic E-state index is 12.1. The van der Waals surface area contributed by atoms with E-state index in [1.54, 1.807) is 17.9 Å². The van der Waals surface area contributed by atoms with Crippen LogP contribution in [0.2, 0.25) is 0 Å². The van der Waals surface area contributed by atoms with E-state index in [0.717, 1.165) is 32.8 Å². The Kier molecular flexibility index (Phi) is 4.95. The first-order chi connectivity index (χ1) is 9.06. The van der Waals surface area contributed by atoms with Gasteiger partial charge in [-0.15, -0.1) is 0 Å². The summed E-state index contributed by atoms with van der Waals surface area (Å²) in [4.78, 5) is 14.4. The summed E-state index contributed by atoms with van der Waals surface area (Å²) in [7, 11) is 1.79. The lowest BCUT2D eigenvalue weighted by molar-refractivity contribution is 0.0342. The van der Waals surface area contributed by atoms with Crippen molar-refractivity contribution in [3.63, 3.8) is 0 Å². The number of ether oxygens (including phenoxy) is 1. The van der Waals surface area contributed by atoms with Gasteiger partial charge >= 0.3 is 0 Å². The summed E-state index contributed by atoms with van der Waals surface area (Å²) >= 11 is 3.34. The number of aryl methyl sites for hydroxylation is 1. The van der Waals surface area contributed by atoms with Crippen LogP contribution in [-0.4, -0.2) is 59.5 Å². The summed E-state index contributed by atoms with van der Waals surface area (Å²) in [5.41, 5.74) is 0.427. The van der Waals surface area contributed by atoms with Crippen LogP contribution in [0.1, 0.15) is 17.4 Å². The summed E-state index contributed by atoms with van der Waals surface area (Å²) in [5, 5.41) is 7.10. The number of carbonyl (C=O) groups is 1. The third-order valence-electron chi connectivity index (χ3n) is 3.01. The summed E-state index contributed by atoms with van der Waals surface area (Å²) in [6, 6.07) is 0.0829.